The van der Waals surface area contributed by atoms with E-state index in [0.717, 1.165) is 0 Å². The molecule has 33 heavy (non-hydrogen) atoms. The van der Waals surface area contributed by atoms with Crippen molar-refractivity contribution < 1.29 is 18.7 Å². The topological polar surface area (TPSA) is 72.1 Å². The van der Waals surface area contributed by atoms with Crippen LogP contribution < -0.4 is 0 Å². The number of carbonyl (C=O) groups excluding carboxylic acids is 2. The molecule has 1 aliphatic heterocycles. The van der Waals surface area contributed by atoms with Gasteiger partial charge >= 0.3 is 5.97 Å². The molecule has 0 N–H and O–H groups in total. The van der Waals surface area contributed by atoms with Crippen molar-refractivity contribution in [3.8, 4) is 11.3 Å². The molecule has 2 heterocycles. The minimum Gasteiger partial charge on any atom is -0.462 e. The summed E-state index contributed by atoms with van der Waals surface area (Å²) in [6, 6.07) is 15.3. The van der Waals surface area contributed by atoms with Crippen LogP contribution in [-0.2, 0) is 9.53 Å². The molecule has 0 saturated carbocycles. The third-order valence-electron chi connectivity index (χ3n) is 4.70. The molecular weight excluding hydrogens is 483 g/mol. The molecule has 1 aliphatic rings. The zero-order chi connectivity index (χ0) is 23.5. The summed E-state index contributed by atoms with van der Waals surface area (Å²) in [4.78, 5) is 31.0. The van der Waals surface area contributed by atoms with Crippen LogP contribution in [0.15, 0.2) is 68.9 Å². The van der Waals surface area contributed by atoms with Crippen LogP contribution in [0.2, 0.25) is 10.0 Å². The maximum Gasteiger partial charge on any atom is 0.338 e. The van der Waals surface area contributed by atoms with E-state index in [9.17, 15) is 9.59 Å². The van der Waals surface area contributed by atoms with Crippen molar-refractivity contribution in [1.82, 2.24) is 4.90 Å². The van der Waals surface area contributed by atoms with Crippen LogP contribution in [0, 0.1) is 0 Å². The standard InChI is InChI=1S/C24H18Cl2N2O4S/c1-3-31-23(30)14-4-7-16(8-5-14)27-24-28(2)22(29)21(33-24)13-17-9-11-20(32-17)18-12-15(25)6-10-19(18)26/h4-13H,3H2,1-2H3/b21-13+,27-24?. The minimum atomic E-state index is -0.388. The molecule has 168 valence electrons. The zero-order valence-electron chi connectivity index (χ0n) is 17.7. The first-order valence-corrected chi connectivity index (χ1v) is 11.5. The Hall–Kier alpha value is -3.00. The number of carbonyl (C=O) groups is 2. The monoisotopic (exact) mass is 500 g/mol. The molecule has 0 aliphatic carbocycles. The summed E-state index contributed by atoms with van der Waals surface area (Å²) < 4.78 is 10.9. The number of esters is 1. The van der Waals surface area contributed by atoms with Crippen molar-refractivity contribution in [3.05, 3.63) is 80.9 Å². The predicted molar refractivity (Wildman–Crippen MR) is 132 cm³/mol. The number of halogens is 2. The molecule has 1 amide bonds. The van der Waals surface area contributed by atoms with Crippen molar-refractivity contribution in [2.75, 3.05) is 13.7 Å². The first-order valence-electron chi connectivity index (χ1n) is 9.94. The highest BCUT2D eigenvalue weighted by atomic mass is 35.5. The van der Waals surface area contributed by atoms with Gasteiger partial charge in [0.25, 0.3) is 5.91 Å². The fourth-order valence-corrected chi connectivity index (χ4v) is 4.39. The van der Waals surface area contributed by atoms with Crippen LogP contribution in [0.4, 0.5) is 5.69 Å². The molecule has 1 saturated heterocycles. The smallest absolute Gasteiger partial charge is 0.338 e. The molecule has 4 rings (SSSR count). The number of furan rings is 1. The van der Waals surface area contributed by atoms with Crippen LogP contribution in [0.1, 0.15) is 23.0 Å². The molecule has 0 atom stereocenters. The molecule has 0 bridgehead atoms. The second kappa shape index (κ2) is 9.87. The maximum atomic E-state index is 12.7. The Bertz CT molecular complexity index is 1280. The van der Waals surface area contributed by atoms with E-state index in [2.05, 4.69) is 4.99 Å². The minimum absolute atomic E-state index is 0.194. The molecule has 1 aromatic heterocycles. The fraction of sp³-hybridized carbons (Fsp3) is 0.125. The number of ether oxygens (including phenoxy) is 1. The lowest BCUT2D eigenvalue weighted by atomic mass is 10.2. The molecule has 0 radical (unpaired) electrons. The molecule has 2 aromatic carbocycles. The number of likely N-dealkylation sites (N-methyl/N-ethyl adjacent to an activating group) is 1. The third kappa shape index (κ3) is 5.16. The van der Waals surface area contributed by atoms with Gasteiger partial charge < -0.3 is 9.15 Å². The van der Waals surface area contributed by atoms with E-state index in [1.807, 2.05) is 0 Å². The molecule has 6 nitrogen and oxygen atoms in total. The molecule has 0 unspecified atom stereocenters. The maximum absolute atomic E-state index is 12.7. The number of aliphatic imine (C=N–C) groups is 1. The van der Waals surface area contributed by atoms with Crippen LogP contribution >= 0.6 is 35.0 Å². The van der Waals surface area contributed by atoms with E-state index >= 15 is 0 Å². The van der Waals surface area contributed by atoms with Gasteiger partial charge in [0.15, 0.2) is 5.17 Å². The zero-order valence-corrected chi connectivity index (χ0v) is 20.0. The highest BCUT2D eigenvalue weighted by Gasteiger charge is 2.30. The first kappa shape index (κ1) is 23.2. The van der Waals surface area contributed by atoms with E-state index in [1.54, 1.807) is 74.6 Å². The van der Waals surface area contributed by atoms with E-state index in [0.29, 0.717) is 55.1 Å². The van der Waals surface area contributed by atoms with Gasteiger partial charge in [-0.1, -0.05) is 23.2 Å². The Balaban J connectivity index is 1.54. The molecule has 3 aromatic rings. The van der Waals surface area contributed by atoms with E-state index < -0.39 is 0 Å². The average molecular weight is 501 g/mol. The number of hydrogen-bond acceptors (Lipinski definition) is 6. The van der Waals surface area contributed by atoms with Crippen LogP contribution in [0.5, 0.6) is 0 Å². The van der Waals surface area contributed by atoms with Gasteiger partial charge in [-0.3, -0.25) is 9.69 Å². The lowest BCUT2D eigenvalue weighted by Gasteiger charge is -2.07. The number of nitrogens with zero attached hydrogens (tertiary/aromatic N) is 2. The molecule has 1 fully saturated rings. The van der Waals surface area contributed by atoms with Gasteiger partial charge in [-0.2, -0.15) is 0 Å². The Labute approximate surface area is 204 Å². The highest BCUT2D eigenvalue weighted by Crippen LogP contribution is 2.36. The summed E-state index contributed by atoms with van der Waals surface area (Å²) in [7, 11) is 1.65. The van der Waals surface area contributed by atoms with Gasteiger partial charge in [0.05, 0.1) is 27.8 Å². The predicted octanol–water partition coefficient (Wildman–Crippen LogP) is 6.66. The highest BCUT2D eigenvalue weighted by molar-refractivity contribution is 8.18. The Kier molecular flexibility index (Phi) is 6.93. The normalized spacial score (nSPS) is 16.1. The van der Waals surface area contributed by atoms with Crippen LogP contribution in [0.25, 0.3) is 17.4 Å². The lowest BCUT2D eigenvalue weighted by molar-refractivity contribution is -0.121. The summed E-state index contributed by atoms with van der Waals surface area (Å²) in [5.74, 6) is 0.473. The summed E-state index contributed by atoms with van der Waals surface area (Å²) in [5, 5.41) is 1.58. The average Bonchev–Trinajstić information content (AvgIpc) is 3.37. The van der Waals surface area contributed by atoms with Crippen molar-refractivity contribution in [3.63, 3.8) is 0 Å². The number of thioether (sulfide) groups is 1. The number of hydrogen-bond donors (Lipinski definition) is 0. The molecular formula is C24H18Cl2N2O4S. The summed E-state index contributed by atoms with van der Waals surface area (Å²) in [6.07, 6.45) is 1.66. The Morgan fingerprint density at radius 1 is 1.15 bits per heavy atom. The van der Waals surface area contributed by atoms with E-state index in [1.165, 1.54) is 16.7 Å². The fourth-order valence-electron chi connectivity index (χ4n) is 3.04. The largest absolute Gasteiger partial charge is 0.462 e. The third-order valence-corrected chi connectivity index (χ3v) is 6.33. The van der Waals surface area contributed by atoms with Crippen LogP contribution in [-0.4, -0.2) is 35.6 Å². The first-order chi connectivity index (χ1) is 15.9. The van der Waals surface area contributed by atoms with Gasteiger partial charge in [-0.25, -0.2) is 9.79 Å². The van der Waals surface area contributed by atoms with Crippen LogP contribution in [0.3, 0.4) is 0 Å². The number of benzene rings is 2. The van der Waals surface area contributed by atoms with Crippen molar-refractivity contribution >= 4 is 63.8 Å². The quantitative estimate of drug-likeness (QED) is 0.289. The summed E-state index contributed by atoms with van der Waals surface area (Å²) >= 11 is 13.6. The lowest BCUT2D eigenvalue weighted by Crippen LogP contribution is -2.23. The second-order valence-electron chi connectivity index (χ2n) is 6.96. The van der Waals surface area contributed by atoms with Gasteiger partial charge in [0.1, 0.15) is 11.5 Å². The van der Waals surface area contributed by atoms with Crippen molar-refractivity contribution in [1.29, 1.82) is 0 Å². The Morgan fingerprint density at radius 2 is 1.91 bits per heavy atom. The SMILES string of the molecule is CCOC(=O)c1ccc(N=C2S/C(=C/c3ccc(-c4cc(Cl)ccc4Cl)o3)C(=O)N2C)cc1. The summed E-state index contributed by atoms with van der Waals surface area (Å²) in [6.45, 7) is 2.06. The van der Waals surface area contributed by atoms with Gasteiger partial charge in [0, 0.05) is 23.7 Å². The van der Waals surface area contributed by atoms with Crippen molar-refractivity contribution in [2.24, 2.45) is 4.99 Å². The number of amides is 1. The van der Waals surface area contributed by atoms with E-state index in [-0.39, 0.29) is 11.9 Å². The van der Waals surface area contributed by atoms with Gasteiger partial charge in [-0.05, 0) is 73.3 Å². The Morgan fingerprint density at radius 3 is 2.64 bits per heavy atom. The number of rotatable bonds is 5. The van der Waals surface area contributed by atoms with Gasteiger partial charge in [0.2, 0.25) is 0 Å². The van der Waals surface area contributed by atoms with Gasteiger partial charge in [-0.15, -0.1) is 0 Å². The molecule has 9 heteroatoms. The number of amidine groups is 1. The summed E-state index contributed by atoms with van der Waals surface area (Å²) in [5.41, 5.74) is 1.73. The van der Waals surface area contributed by atoms with E-state index in [4.69, 9.17) is 32.4 Å². The van der Waals surface area contributed by atoms with Crippen molar-refractivity contribution in [2.45, 2.75) is 6.92 Å². The molecule has 0 spiro atoms. The second-order valence-corrected chi connectivity index (χ2v) is 8.82.